The molecule has 1 amide bonds. The van der Waals surface area contributed by atoms with E-state index in [-0.39, 0.29) is 24.5 Å². The molecule has 74 valence electrons. The molecule has 13 heavy (non-hydrogen) atoms. The van der Waals surface area contributed by atoms with Crippen LogP contribution in [0.2, 0.25) is 0 Å². The van der Waals surface area contributed by atoms with Crippen LogP contribution in [0, 0.1) is 0 Å². The minimum atomic E-state index is -0.975. The molecule has 0 aliphatic heterocycles. The lowest BCUT2D eigenvalue weighted by molar-refractivity contribution is -0.137. The van der Waals surface area contributed by atoms with Gasteiger partial charge in [-0.05, 0) is 13.3 Å². The third-order valence-electron chi connectivity index (χ3n) is 1.52. The standard InChI is InChI=1S/C8H13NO4/c1-5(10)7(9-6(2)11)3-4-8(12)13/h7H,3-4H2,1-2H3,(H,9,11)(H,12,13)/t7-/m0/s1. The van der Waals surface area contributed by atoms with E-state index in [0.717, 1.165) is 0 Å². The number of amides is 1. The van der Waals surface area contributed by atoms with Crippen molar-refractivity contribution in [3.8, 4) is 0 Å². The third kappa shape index (κ3) is 5.84. The first kappa shape index (κ1) is 11.6. The second-order valence-corrected chi connectivity index (χ2v) is 2.80. The monoisotopic (exact) mass is 187 g/mol. The number of carbonyl (C=O) groups is 3. The first-order valence-corrected chi connectivity index (χ1v) is 3.93. The topological polar surface area (TPSA) is 83.5 Å². The lowest BCUT2D eigenvalue weighted by Crippen LogP contribution is -2.38. The van der Waals surface area contributed by atoms with Crippen LogP contribution < -0.4 is 5.32 Å². The SMILES string of the molecule is CC(=O)N[C@@H](CCC(=O)O)C(C)=O. The molecule has 0 unspecified atom stereocenters. The minimum absolute atomic E-state index is 0.121. The van der Waals surface area contributed by atoms with Gasteiger partial charge in [-0.25, -0.2) is 0 Å². The zero-order valence-electron chi connectivity index (χ0n) is 7.66. The summed E-state index contributed by atoms with van der Waals surface area (Å²) in [5.74, 6) is -1.53. The Balaban J connectivity index is 4.02. The van der Waals surface area contributed by atoms with Crippen LogP contribution in [0.25, 0.3) is 0 Å². The van der Waals surface area contributed by atoms with Gasteiger partial charge in [0.05, 0.1) is 6.04 Å². The normalized spacial score (nSPS) is 11.8. The predicted octanol–water partition coefficient (Wildman–Crippen LogP) is -0.0551. The maximum Gasteiger partial charge on any atom is 0.303 e. The molecule has 0 aliphatic carbocycles. The summed E-state index contributed by atoms with van der Waals surface area (Å²) >= 11 is 0. The largest absolute Gasteiger partial charge is 0.481 e. The van der Waals surface area contributed by atoms with Gasteiger partial charge in [-0.2, -0.15) is 0 Å². The second-order valence-electron chi connectivity index (χ2n) is 2.80. The molecule has 1 atom stereocenters. The molecule has 0 bridgehead atoms. The van der Waals surface area contributed by atoms with Crippen LogP contribution in [0.4, 0.5) is 0 Å². The zero-order chi connectivity index (χ0) is 10.4. The number of hydrogen-bond acceptors (Lipinski definition) is 3. The predicted molar refractivity (Wildman–Crippen MR) is 45.2 cm³/mol. The number of rotatable bonds is 5. The van der Waals surface area contributed by atoms with E-state index in [9.17, 15) is 14.4 Å². The van der Waals surface area contributed by atoms with E-state index >= 15 is 0 Å². The molecule has 0 heterocycles. The fourth-order valence-electron chi connectivity index (χ4n) is 0.890. The highest BCUT2D eigenvalue weighted by molar-refractivity contribution is 5.87. The van der Waals surface area contributed by atoms with Gasteiger partial charge in [0.2, 0.25) is 5.91 Å². The summed E-state index contributed by atoms with van der Waals surface area (Å²) in [4.78, 5) is 31.7. The van der Waals surface area contributed by atoms with Crippen LogP contribution >= 0.6 is 0 Å². The highest BCUT2D eigenvalue weighted by atomic mass is 16.4. The van der Waals surface area contributed by atoms with Crippen molar-refractivity contribution in [3.05, 3.63) is 0 Å². The van der Waals surface area contributed by atoms with Gasteiger partial charge >= 0.3 is 5.97 Å². The van der Waals surface area contributed by atoms with Gasteiger partial charge in [-0.3, -0.25) is 14.4 Å². The van der Waals surface area contributed by atoms with E-state index < -0.39 is 12.0 Å². The molecule has 5 heteroatoms. The first-order chi connectivity index (χ1) is 5.93. The van der Waals surface area contributed by atoms with Crippen molar-refractivity contribution in [1.82, 2.24) is 5.32 Å². The molecule has 0 aromatic carbocycles. The number of nitrogens with one attached hydrogen (secondary N) is 1. The molecule has 5 nitrogen and oxygen atoms in total. The molecule has 0 fully saturated rings. The average Bonchev–Trinajstić information content (AvgIpc) is 1.96. The Morgan fingerprint density at radius 2 is 1.85 bits per heavy atom. The molecule has 0 aromatic heterocycles. The van der Waals surface area contributed by atoms with E-state index in [0.29, 0.717) is 0 Å². The highest BCUT2D eigenvalue weighted by Crippen LogP contribution is 1.98. The summed E-state index contributed by atoms with van der Waals surface area (Å²) < 4.78 is 0. The van der Waals surface area contributed by atoms with E-state index in [1.807, 2.05) is 0 Å². The third-order valence-corrected chi connectivity index (χ3v) is 1.52. The number of carboxylic acid groups (broad SMARTS) is 1. The van der Waals surface area contributed by atoms with E-state index in [2.05, 4.69) is 5.32 Å². The van der Waals surface area contributed by atoms with E-state index in [4.69, 9.17) is 5.11 Å². The van der Waals surface area contributed by atoms with Gasteiger partial charge in [0.15, 0.2) is 5.78 Å². The number of ketones is 1. The van der Waals surface area contributed by atoms with Crippen LogP contribution in [-0.2, 0) is 14.4 Å². The van der Waals surface area contributed by atoms with Crippen molar-refractivity contribution in [2.24, 2.45) is 0 Å². The van der Waals surface area contributed by atoms with Crippen LogP contribution in [0.3, 0.4) is 0 Å². The summed E-state index contributed by atoms with van der Waals surface area (Å²) in [5, 5.41) is 10.7. The molecule has 0 aliphatic rings. The molecule has 0 rings (SSSR count). The van der Waals surface area contributed by atoms with Crippen LogP contribution in [0.1, 0.15) is 26.7 Å². The lowest BCUT2D eigenvalue weighted by atomic mass is 10.1. The number of hydrogen-bond donors (Lipinski definition) is 2. The van der Waals surface area contributed by atoms with Gasteiger partial charge in [0, 0.05) is 13.3 Å². The Morgan fingerprint density at radius 1 is 1.31 bits per heavy atom. The van der Waals surface area contributed by atoms with Crippen molar-refractivity contribution in [2.45, 2.75) is 32.7 Å². The van der Waals surface area contributed by atoms with Crippen LogP contribution in [0.15, 0.2) is 0 Å². The van der Waals surface area contributed by atoms with Gasteiger partial charge in [-0.15, -0.1) is 0 Å². The van der Waals surface area contributed by atoms with Crippen molar-refractivity contribution >= 4 is 17.7 Å². The van der Waals surface area contributed by atoms with Crippen molar-refractivity contribution < 1.29 is 19.5 Å². The zero-order valence-corrected chi connectivity index (χ0v) is 7.66. The van der Waals surface area contributed by atoms with Gasteiger partial charge < -0.3 is 10.4 Å². The molecule has 0 aromatic rings. The molecule has 0 saturated carbocycles. The van der Waals surface area contributed by atoms with E-state index in [1.165, 1.54) is 13.8 Å². The summed E-state index contributed by atoms with van der Waals surface area (Å²) in [6, 6.07) is -0.673. The molecular formula is C8H13NO4. The average molecular weight is 187 g/mol. The van der Waals surface area contributed by atoms with Gasteiger partial charge in [0.25, 0.3) is 0 Å². The number of carboxylic acids is 1. The number of Topliss-reactive ketones (excluding diaryl/α,β-unsaturated/α-hetero) is 1. The molecule has 0 saturated heterocycles. The van der Waals surface area contributed by atoms with Crippen LogP contribution in [0.5, 0.6) is 0 Å². The van der Waals surface area contributed by atoms with Crippen molar-refractivity contribution in [3.63, 3.8) is 0 Å². The number of aliphatic carboxylic acids is 1. The van der Waals surface area contributed by atoms with E-state index in [1.54, 1.807) is 0 Å². The Hall–Kier alpha value is -1.39. The fraction of sp³-hybridized carbons (Fsp3) is 0.625. The van der Waals surface area contributed by atoms with Crippen LogP contribution in [-0.4, -0.2) is 28.8 Å². The summed E-state index contributed by atoms with van der Waals surface area (Å²) in [5.41, 5.74) is 0. The highest BCUT2D eigenvalue weighted by Gasteiger charge is 2.15. The minimum Gasteiger partial charge on any atom is -0.481 e. The molecule has 2 N–H and O–H groups in total. The number of carbonyl (C=O) groups excluding carboxylic acids is 2. The first-order valence-electron chi connectivity index (χ1n) is 3.93. The Kier molecular flexibility index (Phi) is 4.72. The maximum atomic E-state index is 10.9. The fourth-order valence-corrected chi connectivity index (χ4v) is 0.890. The maximum absolute atomic E-state index is 10.9. The summed E-state index contributed by atoms with van der Waals surface area (Å²) in [6.45, 7) is 2.61. The Morgan fingerprint density at radius 3 is 2.15 bits per heavy atom. The smallest absolute Gasteiger partial charge is 0.303 e. The quantitative estimate of drug-likeness (QED) is 0.631. The van der Waals surface area contributed by atoms with Crippen molar-refractivity contribution in [2.75, 3.05) is 0 Å². The summed E-state index contributed by atoms with van der Waals surface area (Å²) in [7, 11) is 0. The van der Waals surface area contributed by atoms with Gasteiger partial charge in [-0.1, -0.05) is 0 Å². The Bertz CT molecular complexity index is 224. The molecular weight excluding hydrogens is 174 g/mol. The summed E-state index contributed by atoms with van der Waals surface area (Å²) in [6.07, 6.45) is 0.0226. The molecule has 0 spiro atoms. The lowest BCUT2D eigenvalue weighted by Gasteiger charge is -2.12. The second kappa shape index (κ2) is 5.29. The Labute approximate surface area is 76.1 Å². The molecule has 0 radical (unpaired) electrons. The van der Waals surface area contributed by atoms with Gasteiger partial charge in [0.1, 0.15) is 0 Å². The van der Waals surface area contributed by atoms with Crippen molar-refractivity contribution in [1.29, 1.82) is 0 Å².